The van der Waals surface area contributed by atoms with E-state index in [2.05, 4.69) is 15.9 Å². The Balaban J connectivity index is 3.08. The summed E-state index contributed by atoms with van der Waals surface area (Å²) in [4.78, 5) is 0.152. The molecule has 1 aromatic rings. The van der Waals surface area contributed by atoms with Crippen molar-refractivity contribution < 1.29 is 13.2 Å². The summed E-state index contributed by atoms with van der Waals surface area (Å²) in [6, 6.07) is 4.72. The van der Waals surface area contributed by atoms with E-state index in [1.807, 2.05) is 0 Å². The van der Waals surface area contributed by atoms with Crippen LogP contribution in [0.3, 0.4) is 0 Å². The van der Waals surface area contributed by atoms with Gasteiger partial charge in [-0.15, -0.1) is 0 Å². The highest BCUT2D eigenvalue weighted by Gasteiger charge is 2.20. The van der Waals surface area contributed by atoms with Gasteiger partial charge in [-0.3, -0.25) is 0 Å². The molecule has 4 nitrogen and oxygen atoms in total. The molecule has 0 radical (unpaired) electrons. The first-order valence-electron chi connectivity index (χ1n) is 4.67. The third-order valence-electron chi connectivity index (χ3n) is 2.16. The highest BCUT2D eigenvalue weighted by Crippen LogP contribution is 2.24. The number of sulfone groups is 1. The molecule has 0 heterocycles. The quantitative estimate of drug-likeness (QED) is 0.862. The van der Waals surface area contributed by atoms with Crippen molar-refractivity contribution in [3.63, 3.8) is 0 Å². The molecule has 0 bridgehead atoms. The zero-order valence-electron chi connectivity index (χ0n) is 9.10. The Kier molecular flexibility index (Phi) is 4.35. The minimum absolute atomic E-state index is 0.0741. The molecule has 0 amide bonds. The summed E-state index contributed by atoms with van der Waals surface area (Å²) in [7, 11) is -1.91. The maximum Gasteiger partial charge on any atom is 0.182 e. The van der Waals surface area contributed by atoms with Crippen LogP contribution in [0.25, 0.3) is 0 Å². The molecule has 1 rings (SSSR count). The largest absolute Gasteiger partial charge is 0.398 e. The van der Waals surface area contributed by atoms with Gasteiger partial charge in [0.05, 0.1) is 22.4 Å². The molecule has 0 aliphatic rings. The molecular weight excluding hydrogens is 294 g/mol. The maximum absolute atomic E-state index is 12.0. The predicted molar refractivity (Wildman–Crippen MR) is 67.1 cm³/mol. The molecule has 90 valence electrons. The van der Waals surface area contributed by atoms with Crippen molar-refractivity contribution in [2.45, 2.75) is 17.9 Å². The number of hydrogen-bond donors (Lipinski definition) is 1. The number of nitrogen functional groups attached to an aromatic ring is 1. The zero-order chi connectivity index (χ0) is 12.3. The summed E-state index contributed by atoms with van der Waals surface area (Å²) in [6.07, 6.45) is -0.354. The van der Waals surface area contributed by atoms with E-state index in [0.29, 0.717) is 0 Å². The minimum Gasteiger partial charge on any atom is -0.398 e. The van der Waals surface area contributed by atoms with Gasteiger partial charge in [-0.05, 0) is 25.1 Å². The van der Waals surface area contributed by atoms with Gasteiger partial charge in [0.2, 0.25) is 0 Å². The highest BCUT2D eigenvalue weighted by molar-refractivity contribution is 9.10. The third-order valence-corrected chi connectivity index (χ3v) is 4.61. The van der Waals surface area contributed by atoms with E-state index in [4.69, 9.17) is 10.5 Å². The molecule has 0 aliphatic carbocycles. The van der Waals surface area contributed by atoms with Crippen LogP contribution in [0, 0.1) is 0 Å². The van der Waals surface area contributed by atoms with Gasteiger partial charge in [0.25, 0.3) is 0 Å². The van der Waals surface area contributed by atoms with Crippen LogP contribution >= 0.6 is 15.9 Å². The summed E-state index contributed by atoms with van der Waals surface area (Å²) < 4.78 is 29.6. The predicted octanol–water partition coefficient (Wildman–Crippen LogP) is 1.84. The van der Waals surface area contributed by atoms with E-state index in [-0.39, 0.29) is 22.4 Å². The van der Waals surface area contributed by atoms with Crippen LogP contribution in [0.5, 0.6) is 0 Å². The van der Waals surface area contributed by atoms with E-state index in [1.54, 1.807) is 19.1 Å². The van der Waals surface area contributed by atoms with Gasteiger partial charge in [-0.25, -0.2) is 8.42 Å². The van der Waals surface area contributed by atoms with Gasteiger partial charge in [-0.2, -0.15) is 0 Å². The monoisotopic (exact) mass is 307 g/mol. The SMILES string of the molecule is COC(C)CS(=O)(=O)c1ccc(Br)cc1N. The van der Waals surface area contributed by atoms with Crippen LogP contribution in [0.4, 0.5) is 5.69 Å². The van der Waals surface area contributed by atoms with E-state index in [0.717, 1.165) is 4.47 Å². The Morgan fingerprint density at radius 1 is 1.50 bits per heavy atom. The van der Waals surface area contributed by atoms with Crippen LogP contribution < -0.4 is 5.73 Å². The van der Waals surface area contributed by atoms with Gasteiger partial charge in [0.15, 0.2) is 9.84 Å². The molecule has 6 heteroatoms. The fraction of sp³-hybridized carbons (Fsp3) is 0.400. The Morgan fingerprint density at radius 2 is 2.12 bits per heavy atom. The average Bonchev–Trinajstić information content (AvgIpc) is 2.16. The van der Waals surface area contributed by atoms with Crippen molar-refractivity contribution in [1.82, 2.24) is 0 Å². The maximum atomic E-state index is 12.0. The number of rotatable bonds is 4. The molecule has 1 atom stereocenters. The Labute approximate surface area is 104 Å². The van der Waals surface area contributed by atoms with E-state index in [1.165, 1.54) is 13.2 Å². The summed E-state index contributed by atoms with van der Waals surface area (Å²) in [5, 5.41) is 0. The Morgan fingerprint density at radius 3 is 2.62 bits per heavy atom. The number of nitrogens with two attached hydrogens (primary N) is 1. The third kappa shape index (κ3) is 3.20. The van der Waals surface area contributed by atoms with Gasteiger partial charge >= 0.3 is 0 Å². The molecular formula is C10H14BrNO3S. The molecule has 1 unspecified atom stereocenters. The van der Waals surface area contributed by atoms with Crippen molar-refractivity contribution in [2.24, 2.45) is 0 Å². The highest BCUT2D eigenvalue weighted by atomic mass is 79.9. The number of anilines is 1. The van der Waals surface area contributed by atoms with Crippen LogP contribution in [0.2, 0.25) is 0 Å². The molecule has 2 N–H and O–H groups in total. The second kappa shape index (κ2) is 5.16. The molecule has 0 spiro atoms. The second-order valence-electron chi connectivity index (χ2n) is 3.51. The molecule has 16 heavy (non-hydrogen) atoms. The smallest absolute Gasteiger partial charge is 0.182 e. The number of hydrogen-bond acceptors (Lipinski definition) is 4. The summed E-state index contributed by atoms with van der Waals surface area (Å²) in [6.45, 7) is 1.70. The second-order valence-corrected chi connectivity index (χ2v) is 6.43. The van der Waals surface area contributed by atoms with Crippen LogP contribution in [0.1, 0.15) is 6.92 Å². The topological polar surface area (TPSA) is 69.4 Å². The fourth-order valence-electron chi connectivity index (χ4n) is 1.27. The normalized spacial score (nSPS) is 13.7. The summed E-state index contributed by atoms with van der Waals surface area (Å²) >= 11 is 3.23. The molecule has 1 aromatic carbocycles. The number of ether oxygens (including phenoxy) is 1. The van der Waals surface area contributed by atoms with E-state index >= 15 is 0 Å². The van der Waals surface area contributed by atoms with Gasteiger partial charge in [-0.1, -0.05) is 15.9 Å². The van der Waals surface area contributed by atoms with Crippen LogP contribution in [-0.2, 0) is 14.6 Å². The van der Waals surface area contributed by atoms with Crippen molar-refractivity contribution in [3.8, 4) is 0 Å². The van der Waals surface area contributed by atoms with Crippen LogP contribution in [-0.4, -0.2) is 27.4 Å². The first kappa shape index (κ1) is 13.5. The minimum atomic E-state index is -3.39. The Bertz CT molecular complexity index is 473. The molecule has 0 saturated heterocycles. The number of methoxy groups -OCH3 is 1. The van der Waals surface area contributed by atoms with Gasteiger partial charge in [0.1, 0.15) is 0 Å². The number of halogens is 1. The van der Waals surface area contributed by atoms with Gasteiger partial charge in [0, 0.05) is 11.6 Å². The van der Waals surface area contributed by atoms with Crippen molar-refractivity contribution in [1.29, 1.82) is 0 Å². The molecule has 0 saturated carbocycles. The van der Waals surface area contributed by atoms with Crippen molar-refractivity contribution in [3.05, 3.63) is 22.7 Å². The fourth-order valence-corrected chi connectivity index (χ4v) is 3.28. The average molecular weight is 308 g/mol. The summed E-state index contributed by atoms with van der Waals surface area (Å²) in [5.41, 5.74) is 5.92. The van der Waals surface area contributed by atoms with Crippen molar-refractivity contribution >= 4 is 31.5 Å². The van der Waals surface area contributed by atoms with Crippen molar-refractivity contribution in [2.75, 3.05) is 18.6 Å². The van der Waals surface area contributed by atoms with E-state index in [9.17, 15) is 8.42 Å². The molecule has 0 aliphatic heterocycles. The number of benzene rings is 1. The lowest BCUT2D eigenvalue weighted by Gasteiger charge is -2.11. The lowest BCUT2D eigenvalue weighted by atomic mass is 10.3. The first-order valence-corrected chi connectivity index (χ1v) is 7.12. The standard InChI is InChI=1S/C10H14BrNO3S/c1-7(15-2)6-16(13,14)10-4-3-8(11)5-9(10)12/h3-5,7H,6,12H2,1-2H3. The molecule has 0 aromatic heterocycles. The van der Waals surface area contributed by atoms with E-state index < -0.39 is 9.84 Å². The lowest BCUT2D eigenvalue weighted by Crippen LogP contribution is -2.20. The Hall–Kier alpha value is -0.590. The summed E-state index contributed by atoms with van der Waals surface area (Å²) in [5.74, 6) is -0.0741. The zero-order valence-corrected chi connectivity index (χ0v) is 11.5. The van der Waals surface area contributed by atoms with Crippen LogP contribution in [0.15, 0.2) is 27.6 Å². The molecule has 0 fully saturated rings. The lowest BCUT2D eigenvalue weighted by molar-refractivity contribution is 0.136. The van der Waals surface area contributed by atoms with Gasteiger partial charge < -0.3 is 10.5 Å². The first-order chi connectivity index (χ1) is 7.36.